The molecule has 17 heavy (non-hydrogen) atoms. The summed E-state index contributed by atoms with van der Waals surface area (Å²) in [5.74, 6) is 0. The Balaban J connectivity index is 2.02. The number of hydrogen-bond acceptors (Lipinski definition) is 3. The lowest BCUT2D eigenvalue weighted by Crippen LogP contribution is -2.43. The minimum atomic E-state index is -0.0480. The molecule has 1 aliphatic rings. The van der Waals surface area contributed by atoms with Gasteiger partial charge in [-0.15, -0.1) is 0 Å². The van der Waals surface area contributed by atoms with Crippen LogP contribution in [0.3, 0.4) is 0 Å². The number of nitrogens with zero attached hydrogens (tertiary/aromatic N) is 2. The Kier molecular flexibility index (Phi) is 4.55. The predicted molar refractivity (Wildman–Crippen MR) is 69.6 cm³/mol. The molecule has 1 aliphatic heterocycles. The largest absolute Gasteiger partial charge is 0.379 e. The highest BCUT2D eigenvalue weighted by atomic mass is 79.9. The van der Waals surface area contributed by atoms with Gasteiger partial charge in [0.1, 0.15) is 6.04 Å². The summed E-state index contributed by atoms with van der Waals surface area (Å²) >= 11 is 3.45. The lowest BCUT2D eigenvalue weighted by molar-refractivity contribution is 0.0270. The molecule has 1 fully saturated rings. The van der Waals surface area contributed by atoms with Crippen LogP contribution in [0.2, 0.25) is 0 Å². The van der Waals surface area contributed by atoms with E-state index in [0.29, 0.717) is 0 Å². The van der Waals surface area contributed by atoms with Crippen molar-refractivity contribution in [3.05, 3.63) is 34.3 Å². The summed E-state index contributed by atoms with van der Waals surface area (Å²) in [5.41, 5.74) is 1.19. The third kappa shape index (κ3) is 3.53. The van der Waals surface area contributed by atoms with Gasteiger partial charge in [-0.05, 0) is 17.7 Å². The topological polar surface area (TPSA) is 36.3 Å². The molecular formula is C13H15BrN2O. The third-order valence-corrected chi connectivity index (χ3v) is 3.45. The lowest BCUT2D eigenvalue weighted by atomic mass is 10.1. The first kappa shape index (κ1) is 12.6. The van der Waals surface area contributed by atoms with E-state index in [1.54, 1.807) is 0 Å². The first-order valence-electron chi connectivity index (χ1n) is 5.75. The molecule has 90 valence electrons. The van der Waals surface area contributed by atoms with Crippen LogP contribution >= 0.6 is 15.9 Å². The summed E-state index contributed by atoms with van der Waals surface area (Å²) in [5, 5.41) is 9.26. The minimum Gasteiger partial charge on any atom is -0.379 e. The van der Waals surface area contributed by atoms with Gasteiger partial charge in [0.2, 0.25) is 0 Å². The van der Waals surface area contributed by atoms with E-state index >= 15 is 0 Å². The molecule has 0 amide bonds. The summed E-state index contributed by atoms with van der Waals surface area (Å²) in [6, 6.07) is 10.5. The zero-order valence-electron chi connectivity index (χ0n) is 9.60. The highest BCUT2D eigenvalue weighted by molar-refractivity contribution is 9.10. The molecule has 0 bridgehead atoms. The second-order valence-electron chi connectivity index (χ2n) is 4.13. The van der Waals surface area contributed by atoms with Gasteiger partial charge in [-0.3, -0.25) is 4.90 Å². The van der Waals surface area contributed by atoms with E-state index < -0.39 is 0 Å². The Morgan fingerprint density at radius 3 is 2.82 bits per heavy atom. The van der Waals surface area contributed by atoms with Crippen molar-refractivity contribution < 1.29 is 4.74 Å². The van der Waals surface area contributed by atoms with Crippen molar-refractivity contribution in [3.63, 3.8) is 0 Å². The second-order valence-corrected chi connectivity index (χ2v) is 5.04. The molecule has 0 saturated carbocycles. The van der Waals surface area contributed by atoms with Crippen LogP contribution in [0, 0.1) is 11.3 Å². The Hall–Kier alpha value is -0.890. The Labute approximate surface area is 110 Å². The molecule has 1 unspecified atom stereocenters. The van der Waals surface area contributed by atoms with Crippen molar-refractivity contribution in [1.29, 1.82) is 5.26 Å². The number of nitriles is 1. The van der Waals surface area contributed by atoms with Crippen LogP contribution in [-0.2, 0) is 11.2 Å². The Morgan fingerprint density at radius 2 is 2.18 bits per heavy atom. The zero-order valence-corrected chi connectivity index (χ0v) is 11.2. The average Bonchev–Trinajstić information content (AvgIpc) is 2.37. The Morgan fingerprint density at radius 1 is 1.41 bits per heavy atom. The van der Waals surface area contributed by atoms with Gasteiger partial charge in [-0.2, -0.15) is 5.26 Å². The van der Waals surface area contributed by atoms with Crippen molar-refractivity contribution >= 4 is 15.9 Å². The number of morpholine rings is 1. The molecule has 1 aromatic rings. The van der Waals surface area contributed by atoms with E-state index in [1.807, 2.05) is 12.1 Å². The molecule has 0 radical (unpaired) electrons. The standard InChI is InChI=1S/C13H15BrN2O/c14-12-3-1-2-11(8-12)9-13(10-15)16-4-6-17-7-5-16/h1-3,8,13H,4-7,9H2. The van der Waals surface area contributed by atoms with E-state index in [4.69, 9.17) is 4.74 Å². The maximum atomic E-state index is 9.26. The van der Waals surface area contributed by atoms with Gasteiger partial charge < -0.3 is 4.74 Å². The highest BCUT2D eigenvalue weighted by Gasteiger charge is 2.20. The van der Waals surface area contributed by atoms with Crippen molar-refractivity contribution in [1.82, 2.24) is 4.90 Å². The van der Waals surface area contributed by atoms with Gasteiger partial charge in [0.15, 0.2) is 0 Å². The van der Waals surface area contributed by atoms with Crippen LogP contribution < -0.4 is 0 Å². The molecule has 1 saturated heterocycles. The Bertz CT molecular complexity index is 410. The third-order valence-electron chi connectivity index (χ3n) is 2.95. The molecule has 0 aliphatic carbocycles. The molecular weight excluding hydrogens is 280 g/mol. The van der Waals surface area contributed by atoms with Gasteiger partial charge in [0.05, 0.1) is 19.3 Å². The van der Waals surface area contributed by atoms with Crippen molar-refractivity contribution in [3.8, 4) is 6.07 Å². The summed E-state index contributed by atoms with van der Waals surface area (Å²) in [4.78, 5) is 2.20. The van der Waals surface area contributed by atoms with Crippen molar-refractivity contribution in [2.24, 2.45) is 0 Å². The van der Waals surface area contributed by atoms with Gasteiger partial charge in [0, 0.05) is 24.0 Å². The summed E-state index contributed by atoms with van der Waals surface area (Å²) in [6.07, 6.45) is 0.774. The predicted octanol–water partition coefficient (Wildman–Crippen LogP) is 2.22. The second kappa shape index (κ2) is 6.15. The quantitative estimate of drug-likeness (QED) is 0.858. The average molecular weight is 295 g/mol. The van der Waals surface area contributed by atoms with E-state index in [1.165, 1.54) is 5.56 Å². The number of halogens is 1. The van der Waals surface area contributed by atoms with Gasteiger partial charge in [0.25, 0.3) is 0 Å². The molecule has 1 aromatic carbocycles. The van der Waals surface area contributed by atoms with Gasteiger partial charge >= 0.3 is 0 Å². The molecule has 2 rings (SSSR count). The number of hydrogen-bond donors (Lipinski definition) is 0. The molecule has 3 nitrogen and oxygen atoms in total. The lowest BCUT2D eigenvalue weighted by Gasteiger charge is -2.30. The van der Waals surface area contributed by atoms with Gasteiger partial charge in [-0.25, -0.2) is 0 Å². The molecule has 1 atom stereocenters. The number of benzene rings is 1. The van der Waals surface area contributed by atoms with E-state index in [0.717, 1.165) is 37.2 Å². The fraction of sp³-hybridized carbons (Fsp3) is 0.462. The number of rotatable bonds is 3. The van der Waals surface area contributed by atoms with E-state index in [9.17, 15) is 5.26 Å². The molecule has 0 N–H and O–H groups in total. The maximum Gasteiger partial charge on any atom is 0.102 e. The smallest absolute Gasteiger partial charge is 0.102 e. The molecule has 0 spiro atoms. The maximum absolute atomic E-state index is 9.26. The fourth-order valence-electron chi connectivity index (χ4n) is 2.03. The summed E-state index contributed by atoms with van der Waals surface area (Å²) < 4.78 is 6.37. The van der Waals surface area contributed by atoms with Crippen molar-refractivity contribution in [2.75, 3.05) is 26.3 Å². The van der Waals surface area contributed by atoms with E-state index in [-0.39, 0.29) is 6.04 Å². The van der Waals surface area contributed by atoms with Crippen LogP contribution in [0.4, 0.5) is 0 Å². The molecule has 1 heterocycles. The van der Waals surface area contributed by atoms with Crippen LogP contribution in [-0.4, -0.2) is 37.2 Å². The van der Waals surface area contributed by atoms with Crippen LogP contribution in [0.15, 0.2) is 28.7 Å². The fourth-order valence-corrected chi connectivity index (χ4v) is 2.48. The van der Waals surface area contributed by atoms with Crippen LogP contribution in [0.1, 0.15) is 5.56 Å². The highest BCUT2D eigenvalue weighted by Crippen LogP contribution is 2.15. The SMILES string of the molecule is N#CC(Cc1cccc(Br)c1)N1CCOCC1. The van der Waals surface area contributed by atoms with Gasteiger partial charge in [-0.1, -0.05) is 28.1 Å². The van der Waals surface area contributed by atoms with Crippen LogP contribution in [0.25, 0.3) is 0 Å². The first-order chi connectivity index (χ1) is 8.29. The summed E-state index contributed by atoms with van der Waals surface area (Å²) in [6.45, 7) is 3.17. The van der Waals surface area contributed by atoms with E-state index in [2.05, 4.69) is 39.0 Å². The number of ether oxygens (including phenoxy) is 1. The van der Waals surface area contributed by atoms with Crippen LogP contribution in [0.5, 0.6) is 0 Å². The molecule has 4 heteroatoms. The summed E-state index contributed by atoms with van der Waals surface area (Å²) in [7, 11) is 0. The van der Waals surface area contributed by atoms with Crippen molar-refractivity contribution in [2.45, 2.75) is 12.5 Å². The molecule has 0 aromatic heterocycles. The zero-order chi connectivity index (χ0) is 12.1. The first-order valence-corrected chi connectivity index (χ1v) is 6.55. The normalized spacial score (nSPS) is 18.6. The minimum absolute atomic E-state index is 0.0480. The monoisotopic (exact) mass is 294 g/mol.